The van der Waals surface area contributed by atoms with Crippen molar-refractivity contribution in [3.8, 4) is 0 Å². The van der Waals surface area contributed by atoms with Gasteiger partial charge in [0.05, 0.1) is 22.9 Å². The van der Waals surface area contributed by atoms with Crippen LogP contribution in [0.25, 0.3) is 10.2 Å². The Balaban J connectivity index is 1.65. The van der Waals surface area contributed by atoms with Gasteiger partial charge in [-0.3, -0.25) is 9.69 Å². The molecule has 4 N–H and O–H groups in total. The molecule has 6 nitrogen and oxygen atoms in total. The maximum absolute atomic E-state index is 11.9. The molecular weight excluding hydrogens is 276 g/mol. The first-order valence-electron chi connectivity index (χ1n) is 6.46. The van der Waals surface area contributed by atoms with Crippen LogP contribution in [-0.2, 0) is 4.79 Å². The highest BCUT2D eigenvalue weighted by Crippen LogP contribution is 2.27. The summed E-state index contributed by atoms with van der Waals surface area (Å²) < 4.78 is 0.955. The van der Waals surface area contributed by atoms with E-state index >= 15 is 0 Å². The van der Waals surface area contributed by atoms with Crippen LogP contribution in [-0.4, -0.2) is 46.6 Å². The number of rotatable bonds is 3. The first-order chi connectivity index (χ1) is 9.60. The molecule has 0 saturated carbocycles. The highest BCUT2D eigenvalue weighted by Gasteiger charge is 2.22. The lowest BCUT2D eigenvalue weighted by molar-refractivity contribution is -0.117. The van der Waals surface area contributed by atoms with Gasteiger partial charge >= 0.3 is 0 Å². The van der Waals surface area contributed by atoms with Crippen LogP contribution in [0.4, 0.5) is 10.8 Å². The maximum Gasteiger partial charge on any atom is 0.240 e. The third kappa shape index (κ3) is 2.90. The van der Waals surface area contributed by atoms with E-state index in [1.807, 2.05) is 17.0 Å². The molecule has 2 heterocycles. The molecule has 2 aromatic rings. The SMILES string of the molecule is Nc1ccc2nc(NC(=O)CN3CCC(O)C3)sc2c1. The Hall–Kier alpha value is -1.70. The fraction of sp³-hybridized carbons (Fsp3) is 0.385. The number of fused-ring (bicyclic) bond motifs is 1. The molecule has 1 amide bonds. The zero-order valence-corrected chi connectivity index (χ0v) is 11.7. The minimum absolute atomic E-state index is 0.105. The van der Waals surface area contributed by atoms with E-state index in [-0.39, 0.29) is 18.6 Å². The number of amides is 1. The van der Waals surface area contributed by atoms with Crippen LogP contribution in [0.2, 0.25) is 0 Å². The highest BCUT2D eigenvalue weighted by atomic mass is 32.1. The number of nitrogens with two attached hydrogens (primary N) is 1. The topological polar surface area (TPSA) is 91.5 Å². The summed E-state index contributed by atoms with van der Waals surface area (Å²) >= 11 is 1.41. The molecule has 1 saturated heterocycles. The summed E-state index contributed by atoms with van der Waals surface area (Å²) in [6.07, 6.45) is 0.418. The van der Waals surface area contributed by atoms with Crippen LogP contribution in [0.5, 0.6) is 0 Å². The first kappa shape index (κ1) is 13.3. The molecule has 0 spiro atoms. The van der Waals surface area contributed by atoms with E-state index in [4.69, 9.17) is 5.73 Å². The van der Waals surface area contributed by atoms with E-state index in [0.717, 1.165) is 23.2 Å². The number of thiazole rings is 1. The smallest absolute Gasteiger partial charge is 0.240 e. The molecule has 0 radical (unpaired) electrons. The number of carbonyl (C=O) groups excluding carboxylic acids is 1. The zero-order valence-electron chi connectivity index (χ0n) is 10.9. The van der Waals surface area contributed by atoms with Gasteiger partial charge in [-0.25, -0.2) is 4.98 Å². The fourth-order valence-corrected chi connectivity index (χ4v) is 3.24. The lowest BCUT2D eigenvalue weighted by Crippen LogP contribution is -2.32. The molecular formula is C13H16N4O2S. The van der Waals surface area contributed by atoms with E-state index in [1.165, 1.54) is 11.3 Å². The standard InChI is InChI=1S/C13H16N4O2S/c14-8-1-2-10-11(5-8)20-13(15-10)16-12(19)7-17-4-3-9(18)6-17/h1-2,5,9,18H,3-4,6-7,14H2,(H,15,16,19). The van der Waals surface area contributed by atoms with Crippen molar-refractivity contribution in [1.29, 1.82) is 0 Å². The molecule has 0 bridgehead atoms. The number of benzene rings is 1. The second-order valence-corrected chi connectivity index (χ2v) is 6.00. The number of hydrogen-bond acceptors (Lipinski definition) is 6. The number of aliphatic hydroxyl groups is 1. The quantitative estimate of drug-likeness (QED) is 0.731. The van der Waals surface area contributed by atoms with Gasteiger partial charge in [0.1, 0.15) is 0 Å². The highest BCUT2D eigenvalue weighted by molar-refractivity contribution is 7.22. The van der Waals surface area contributed by atoms with Crippen LogP contribution in [0.3, 0.4) is 0 Å². The van der Waals surface area contributed by atoms with Crippen LogP contribution in [0.1, 0.15) is 6.42 Å². The second-order valence-electron chi connectivity index (χ2n) is 4.97. The molecule has 106 valence electrons. The molecule has 1 aliphatic heterocycles. The van der Waals surface area contributed by atoms with Gasteiger partial charge in [-0.2, -0.15) is 0 Å². The van der Waals surface area contributed by atoms with Crippen molar-refractivity contribution in [1.82, 2.24) is 9.88 Å². The van der Waals surface area contributed by atoms with Crippen molar-refractivity contribution in [3.05, 3.63) is 18.2 Å². The summed E-state index contributed by atoms with van der Waals surface area (Å²) in [7, 11) is 0. The van der Waals surface area contributed by atoms with Gasteiger partial charge in [0.2, 0.25) is 5.91 Å². The molecule has 1 aromatic heterocycles. The molecule has 0 aliphatic carbocycles. The minimum Gasteiger partial charge on any atom is -0.399 e. The molecule has 1 aliphatic rings. The van der Waals surface area contributed by atoms with Gasteiger partial charge < -0.3 is 16.2 Å². The number of aliphatic hydroxyl groups excluding tert-OH is 1. The molecule has 3 rings (SSSR count). The maximum atomic E-state index is 11.9. The third-order valence-electron chi connectivity index (χ3n) is 3.27. The first-order valence-corrected chi connectivity index (χ1v) is 7.28. The summed E-state index contributed by atoms with van der Waals surface area (Å²) in [4.78, 5) is 18.2. The average Bonchev–Trinajstić information content (AvgIpc) is 2.94. The number of β-amino-alcohol motifs (C(OH)–C–C–N with tert-alkyl or cyclic N) is 1. The van der Waals surface area contributed by atoms with E-state index in [1.54, 1.807) is 6.07 Å². The summed E-state index contributed by atoms with van der Waals surface area (Å²) in [5.74, 6) is -0.105. The van der Waals surface area contributed by atoms with Gasteiger partial charge in [0.15, 0.2) is 5.13 Å². The Morgan fingerprint density at radius 3 is 3.20 bits per heavy atom. The molecule has 7 heteroatoms. The minimum atomic E-state index is -0.312. The third-order valence-corrected chi connectivity index (χ3v) is 4.21. The fourth-order valence-electron chi connectivity index (χ4n) is 2.31. The van der Waals surface area contributed by atoms with E-state index < -0.39 is 0 Å². The van der Waals surface area contributed by atoms with Crippen LogP contribution < -0.4 is 11.1 Å². The number of nitrogen functional groups attached to an aromatic ring is 1. The number of nitrogens with zero attached hydrogens (tertiary/aromatic N) is 2. The normalized spacial score (nSPS) is 19.6. The number of anilines is 2. The molecule has 1 fully saturated rings. The Bertz CT molecular complexity index is 642. The van der Waals surface area contributed by atoms with Gasteiger partial charge in [-0.15, -0.1) is 0 Å². The lowest BCUT2D eigenvalue weighted by Gasteiger charge is -2.13. The number of nitrogens with one attached hydrogen (secondary N) is 1. The number of aromatic nitrogens is 1. The Kier molecular flexibility index (Phi) is 3.56. The number of carbonyl (C=O) groups is 1. The summed E-state index contributed by atoms with van der Waals surface area (Å²) in [6.45, 7) is 1.60. The number of hydrogen-bond donors (Lipinski definition) is 3. The zero-order chi connectivity index (χ0) is 14.1. The van der Waals surface area contributed by atoms with Gasteiger partial charge in [0, 0.05) is 18.8 Å². The van der Waals surface area contributed by atoms with Crippen molar-refractivity contribution in [2.24, 2.45) is 0 Å². The predicted octanol–water partition coefficient (Wildman–Crippen LogP) is 0.884. The van der Waals surface area contributed by atoms with Crippen LogP contribution in [0, 0.1) is 0 Å². The predicted molar refractivity (Wildman–Crippen MR) is 79.7 cm³/mol. The monoisotopic (exact) mass is 292 g/mol. The summed E-state index contributed by atoms with van der Waals surface area (Å²) in [5, 5.41) is 12.8. The lowest BCUT2D eigenvalue weighted by atomic mass is 10.3. The van der Waals surface area contributed by atoms with E-state index in [0.29, 0.717) is 17.4 Å². The van der Waals surface area contributed by atoms with E-state index in [2.05, 4.69) is 10.3 Å². The van der Waals surface area contributed by atoms with Crippen LogP contribution in [0.15, 0.2) is 18.2 Å². The van der Waals surface area contributed by atoms with Crippen LogP contribution >= 0.6 is 11.3 Å². The van der Waals surface area contributed by atoms with Crippen molar-refractivity contribution in [2.75, 3.05) is 30.7 Å². The summed E-state index contributed by atoms with van der Waals surface area (Å²) in [5.41, 5.74) is 7.23. The number of likely N-dealkylation sites (tertiary alicyclic amines) is 1. The molecule has 1 aromatic carbocycles. The van der Waals surface area contributed by atoms with Crippen molar-refractivity contribution >= 4 is 38.3 Å². The van der Waals surface area contributed by atoms with Gasteiger partial charge in [-0.1, -0.05) is 11.3 Å². The Morgan fingerprint density at radius 1 is 1.60 bits per heavy atom. The molecule has 1 unspecified atom stereocenters. The Morgan fingerprint density at radius 2 is 2.45 bits per heavy atom. The van der Waals surface area contributed by atoms with Gasteiger partial charge in [0.25, 0.3) is 0 Å². The van der Waals surface area contributed by atoms with Crippen molar-refractivity contribution < 1.29 is 9.90 Å². The Labute approximate surface area is 120 Å². The average molecular weight is 292 g/mol. The van der Waals surface area contributed by atoms with E-state index in [9.17, 15) is 9.90 Å². The van der Waals surface area contributed by atoms with Crippen molar-refractivity contribution in [3.63, 3.8) is 0 Å². The molecule has 1 atom stereocenters. The molecule has 20 heavy (non-hydrogen) atoms. The van der Waals surface area contributed by atoms with Gasteiger partial charge in [-0.05, 0) is 24.6 Å². The summed E-state index contributed by atoms with van der Waals surface area (Å²) in [6, 6.07) is 5.48. The second kappa shape index (κ2) is 5.35. The van der Waals surface area contributed by atoms with Crippen molar-refractivity contribution in [2.45, 2.75) is 12.5 Å². The largest absolute Gasteiger partial charge is 0.399 e.